The standard InChI is InChI=1S/C22H25N5O2S/c1-3-6-15-12-23-13-20(25-15)24-11-14-9-18(29-2)21-19(10-14)30-22(27-21)26-16-7-4-5-8-17(16)28/h9-10,12-13,16-17,28H,4-5,7-8,11H2,1-2H3,(H,24,25)(H,26,27)/t16-,17-/m1/s1. The van der Waals surface area contributed by atoms with Crippen molar-refractivity contribution in [3.63, 3.8) is 0 Å². The van der Waals surface area contributed by atoms with Crippen LogP contribution < -0.4 is 15.4 Å². The highest BCUT2D eigenvalue weighted by molar-refractivity contribution is 7.22. The Morgan fingerprint density at radius 1 is 1.23 bits per heavy atom. The number of anilines is 2. The van der Waals surface area contributed by atoms with Crippen molar-refractivity contribution in [1.29, 1.82) is 0 Å². The normalized spacial score (nSPS) is 18.5. The second-order valence-corrected chi connectivity index (χ2v) is 8.32. The van der Waals surface area contributed by atoms with Crippen molar-refractivity contribution in [3.8, 4) is 17.6 Å². The number of aliphatic hydroxyl groups is 1. The Morgan fingerprint density at radius 2 is 2.10 bits per heavy atom. The van der Waals surface area contributed by atoms with E-state index in [9.17, 15) is 5.11 Å². The number of hydrogen-bond acceptors (Lipinski definition) is 8. The highest BCUT2D eigenvalue weighted by atomic mass is 32.1. The van der Waals surface area contributed by atoms with E-state index in [4.69, 9.17) is 9.72 Å². The van der Waals surface area contributed by atoms with E-state index in [1.165, 1.54) is 0 Å². The zero-order valence-electron chi connectivity index (χ0n) is 17.1. The van der Waals surface area contributed by atoms with E-state index in [0.717, 1.165) is 52.3 Å². The summed E-state index contributed by atoms with van der Waals surface area (Å²) in [6.45, 7) is 2.35. The molecular formula is C22H25N5O2S. The number of nitrogens with zero attached hydrogens (tertiary/aromatic N) is 3. The summed E-state index contributed by atoms with van der Waals surface area (Å²) in [5.74, 6) is 7.15. The van der Waals surface area contributed by atoms with Crippen LogP contribution in [-0.4, -0.2) is 39.3 Å². The Hall–Kier alpha value is -2.89. The van der Waals surface area contributed by atoms with Crippen LogP contribution in [0.5, 0.6) is 5.75 Å². The van der Waals surface area contributed by atoms with E-state index >= 15 is 0 Å². The van der Waals surface area contributed by atoms with Crippen molar-refractivity contribution in [2.24, 2.45) is 0 Å². The summed E-state index contributed by atoms with van der Waals surface area (Å²) >= 11 is 1.58. The Labute approximate surface area is 179 Å². The molecule has 0 saturated heterocycles. The van der Waals surface area contributed by atoms with Gasteiger partial charge in [0, 0.05) is 6.54 Å². The van der Waals surface area contributed by atoms with Crippen LogP contribution in [0, 0.1) is 11.8 Å². The molecule has 1 aliphatic rings. The van der Waals surface area contributed by atoms with Gasteiger partial charge in [0.1, 0.15) is 22.8 Å². The zero-order chi connectivity index (χ0) is 20.9. The van der Waals surface area contributed by atoms with Gasteiger partial charge in [0.05, 0.1) is 36.3 Å². The SMILES string of the molecule is CC#Cc1cncc(NCc2cc(OC)c3nc(N[C@@H]4CCCC[C@H]4O)sc3c2)n1. The molecule has 3 aromatic rings. The number of aliphatic hydroxyl groups excluding tert-OH is 1. The molecule has 0 spiro atoms. The van der Waals surface area contributed by atoms with Crippen molar-refractivity contribution in [1.82, 2.24) is 15.0 Å². The molecule has 2 heterocycles. The van der Waals surface area contributed by atoms with Crippen molar-refractivity contribution in [3.05, 3.63) is 35.8 Å². The molecule has 0 unspecified atom stereocenters. The van der Waals surface area contributed by atoms with Crippen LogP contribution in [0.3, 0.4) is 0 Å². The fourth-order valence-corrected chi connectivity index (χ4v) is 4.65. The minimum Gasteiger partial charge on any atom is -0.494 e. The lowest BCUT2D eigenvalue weighted by molar-refractivity contribution is 0.116. The smallest absolute Gasteiger partial charge is 0.184 e. The van der Waals surface area contributed by atoms with Gasteiger partial charge in [-0.15, -0.1) is 0 Å². The first kappa shape index (κ1) is 20.4. The predicted molar refractivity (Wildman–Crippen MR) is 120 cm³/mol. The van der Waals surface area contributed by atoms with Crippen LogP contribution in [0.15, 0.2) is 24.5 Å². The molecule has 3 N–H and O–H groups in total. The first-order valence-electron chi connectivity index (χ1n) is 10.1. The van der Waals surface area contributed by atoms with Gasteiger partial charge < -0.3 is 20.5 Å². The Bertz CT molecular complexity index is 1090. The van der Waals surface area contributed by atoms with Gasteiger partial charge in [-0.2, -0.15) is 0 Å². The number of aromatic nitrogens is 3. The van der Waals surface area contributed by atoms with Crippen LogP contribution in [0.25, 0.3) is 10.2 Å². The summed E-state index contributed by atoms with van der Waals surface area (Å²) in [7, 11) is 1.65. The molecule has 0 amide bonds. The van der Waals surface area contributed by atoms with Crippen LogP contribution in [0.1, 0.15) is 43.9 Å². The maximum absolute atomic E-state index is 10.2. The Kier molecular flexibility index (Phi) is 6.31. The maximum Gasteiger partial charge on any atom is 0.184 e. The second-order valence-electron chi connectivity index (χ2n) is 7.28. The summed E-state index contributed by atoms with van der Waals surface area (Å²) in [6, 6.07) is 4.15. The van der Waals surface area contributed by atoms with E-state index in [1.54, 1.807) is 37.8 Å². The summed E-state index contributed by atoms with van der Waals surface area (Å²) in [5.41, 5.74) is 2.53. The largest absolute Gasteiger partial charge is 0.494 e. The first-order chi connectivity index (χ1) is 14.7. The van der Waals surface area contributed by atoms with Crippen LogP contribution in [0.4, 0.5) is 10.9 Å². The minimum absolute atomic E-state index is 0.0588. The quantitative estimate of drug-likeness (QED) is 0.520. The van der Waals surface area contributed by atoms with Crippen molar-refractivity contribution < 1.29 is 9.84 Å². The van der Waals surface area contributed by atoms with Gasteiger partial charge in [0.15, 0.2) is 5.13 Å². The molecule has 0 bridgehead atoms. The highest BCUT2D eigenvalue weighted by Crippen LogP contribution is 2.35. The molecule has 1 saturated carbocycles. The number of hydrogen-bond donors (Lipinski definition) is 3. The topological polar surface area (TPSA) is 92.2 Å². The molecule has 1 aliphatic carbocycles. The zero-order valence-corrected chi connectivity index (χ0v) is 17.9. The number of ether oxygens (including phenoxy) is 1. The van der Waals surface area contributed by atoms with E-state index in [1.807, 2.05) is 6.07 Å². The summed E-state index contributed by atoms with van der Waals surface area (Å²) in [5, 5.41) is 17.8. The van der Waals surface area contributed by atoms with Gasteiger partial charge in [-0.1, -0.05) is 30.1 Å². The molecular weight excluding hydrogens is 398 g/mol. The lowest BCUT2D eigenvalue weighted by Crippen LogP contribution is -2.36. The minimum atomic E-state index is -0.318. The first-order valence-corrected chi connectivity index (χ1v) is 10.9. The summed E-state index contributed by atoms with van der Waals surface area (Å²) < 4.78 is 6.63. The fraction of sp³-hybridized carbons (Fsp3) is 0.409. The van der Waals surface area contributed by atoms with Crippen molar-refractivity contribution in [2.45, 2.75) is 51.3 Å². The van der Waals surface area contributed by atoms with Gasteiger partial charge in [0.25, 0.3) is 0 Å². The van der Waals surface area contributed by atoms with E-state index < -0.39 is 0 Å². The maximum atomic E-state index is 10.2. The molecule has 1 aromatic carbocycles. The van der Waals surface area contributed by atoms with E-state index in [-0.39, 0.29) is 12.1 Å². The predicted octanol–water partition coefficient (Wildman–Crippen LogP) is 3.79. The van der Waals surface area contributed by atoms with Gasteiger partial charge in [-0.3, -0.25) is 4.98 Å². The Morgan fingerprint density at radius 3 is 2.90 bits per heavy atom. The molecule has 7 nitrogen and oxygen atoms in total. The highest BCUT2D eigenvalue weighted by Gasteiger charge is 2.24. The molecule has 8 heteroatoms. The van der Waals surface area contributed by atoms with Crippen LogP contribution >= 0.6 is 11.3 Å². The van der Waals surface area contributed by atoms with Gasteiger partial charge >= 0.3 is 0 Å². The molecule has 2 atom stereocenters. The van der Waals surface area contributed by atoms with Crippen LogP contribution in [-0.2, 0) is 6.54 Å². The molecule has 4 rings (SSSR count). The van der Waals surface area contributed by atoms with E-state index in [0.29, 0.717) is 18.1 Å². The summed E-state index contributed by atoms with van der Waals surface area (Å²) in [6.07, 6.45) is 7.03. The Balaban J connectivity index is 1.52. The average Bonchev–Trinajstić information content (AvgIpc) is 3.16. The van der Waals surface area contributed by atoms with Gasteiger partial charge in [-0.25, -0.2) is 9.97 Å². The van der Waals surface area contributed by atoms with E-state index in [2.05, 4.69) is 38.5 Å². The third-order valence-electron chi connectivity index (χ3n) is 5.14. The fourth-order valence-electron chi connectivity index (χ4n) is 3.64. The lowest BCUT2D eigenvalue weighted by Gasteiger charge is -2.27. The molecule has 1 fully saturated rings. The monoisotopic (exact) mass is 423 g/mol. The molecule has 0 radical (unpaired) electrons. The average molecular weight is 424 g/mol. The molecule has 156 valence electrons. The summed E-state index contributed by atoms with van der Waals surface area (Å²) in [4.78, 5) is 13.3. The molecule has 30 heavy (non-hydrogen) atoms. The number of rotatable bonds is 6. The molecule has 0 aliphatic heterocycles. The number of methoxy groups -OCH3 is 1. The third kappa shape index (κ3) is 4.64. The molecule has 2 aromatic heterocycles. The number of benzene rings is 1. The van der Waals surface area contributed by atoms with Crippen molar-refractivity contribution in [2.75, 3.05) is 17.7 Å². The third-order valence-corrected chi connectivity index (χ3v) is 6.07. The number of fused-ring (bicyclic) bond motifs is 1. The number of thiazole rings is 1. The van der Waals surface area contributed by atoms with Gasteiger partial charge in [0.2, 0.25) is 0 Å². The van der Waals surface area contributed by atoms with Crippen molar-refractivity contribution >= 4 is 32.5 Å². The van der Waals surface area contributed by atoms with Crippen LogP contribution in [0.2, 0.25) is 0 Å². The lowest BCUT2D eigenvalue weighted by atomic mass is 9.93. The number of nitrogens with one attached hydrogen (secondary N) is 2. The second kappa shape index (κ2) is 9.28. The van der Waals surface area contributed by atoms with Gasteiger partial charge in [-0.05, 0) is 43.4 Å².